The van der Waals surface area contributed by atoms with E-state index in [0.717, 1.165) is 21.9 Å². The van der Waals surface area contributed by atoms with Gasteiger partial charge in [0.1, 0.15) is 11.4 Å². The number of nitrogens with zero attached hydrogens (tertiary/aromatic N) is 2. The minimum atomic E-state index is 0.414. The largest absolute Gasteiger partial charge is 0.364 e. The van der Waals surface area contributed by atoms with Crippen molar-refractivity contribution >= 4 is 56.7 Å². The molecule has 0 aromatic heterocycles. The molecule has 3 rings (SSSR count). The van der Waals surface area contributed by atoms with Crippen molar-refractivity contribution in [2.75, 3.05) is 7.05 Å². The summed E-state index contributed by atoms with van der Waals surface area (Å²) in [7, 11) is 1.75. The molecule has 0 unspecified atom stereocenters. The molecule has 0 aliphatic rings. The molecule has 0 atom stereocenters. The van der Waals surface area contributed by atoms with E-state index in [4.69, 9.17) is 24.4 Å². The van der Waals surface area contributed by atoms with Crippen molar-refractivity contribution in [3.05, 3.63) is 83.9 Å². The molecule has 3 aromatic rings. The van der Waals surface area contributed by atoms with Gasteiger partial charge in [0, 0.05) is 18.2 Å². The quantitative estimate of drug-likeness (QED) is 0.306. The molecule has 3 aromatic carbocycles. The van der Waals surface area contributed by atoms with Crippen LogP contribution in [0.25, 0.3) is 10.8 Å². The first-order chi connectivity index (χ1) is 14.6. The highest BCUT2D eigenvalue weighted by Gasteiger charge is 2.18. The number of rotatable bonds is 6. The predicted octanol–water partition coefficient (Wildman–Crippen LogP) is 4.37. The third kappa shape index (κ3) is 5.25. The average molecular weight is 434 g/mol. The van der Waals surface area contributed by atoms with Crippen molar-refractivity contribution in [1.82, 2.24) is 16.2 Å². The normalized spacial score (nSPS) is 11.8. The Labute approximate surface area is 187 Å². The van der Waals surface area contributed by atoms with Gasteiger partial charge in [-0.25, -0.2) is 0 Å². The molecule has 0 bridgehead atoms. The molecule has 7 heteroatoms. The Kier molecular flexibility index (Phi) is 7.59. The summed E-state index contributed by atoms with van der Waals surface area (Å²) in [5.74, 6) is 0. The summed E-state index contributed by atoms with van der Waals surface area (Å²) >= 11 is 10.6. The third-order valence-corrected chi connectivity index (χ3v) is 5.10. The van der Waals surface area contributed by atoms with Gasteiger partial charge in [0.25, 0.3) is 0 Å². The standard InChI is InChI=1S/C23H23N5S2/c1-3-20(29)25-26-21(17-11-5-4-6-12-17)22(27-28-23(30)24-2)19-15-9-13-16-10-7-8-14-18(16)19/h4-15H,3H2,1-2H3,(H,25,29)(H2,24,28,30). The van der Waals surface area contributed by atoms with Crippen LogP contribution in [0.3, 0.4) is 0 Å². The number of fused-ring (bicyclic) bond motifs is 1. The van der Waals surface area contributed by atoms with Gasteiger partial charge in [-0.3, -0.25) is 10.9 Å². The third-order valence-electron chi connectivity index (χ3n) is 4.43. The second-order valence-corrected chi connectivity index (χ2v) is 7.29. The topological polar surface area (TPSA) is 60.8 Å². The highest BCUT2D eigenvalue weighted by atomic mass is 32.1. The van der Waals surface area contributed by atoms with Gasteiger partial charge in [-0.1, -0.05) is 91.9 Å². The van der Waals surface area contributed by atoms with Crippen molar-refractivity contribution in [1.29, 1.82) is 0 Å². The van der Waals surface area contributed by atoms with Crippen molar-refractivity contribution in [3.63, 3.8) is 0 Å². The Balaban J connectivity index is 2.22. The lowest BCUT2D eigenvalue weighted by molar-refractivity contribution is 0.975. The molecule has 30 heavy (non-hydrogen) atoms. The van der Waals surface area contributed by atoms with Gasteiger partial charge in [0.05, 0.1) is 4.99 Å². The summed E-state index contributed by atoms with van der Waals surface area (Å²) in [6, 6.07) is 24.2. The monoisotopic (exact) mass is 433 g/mol. The molecule has 3 N–H and O–H groups in total. The van der Waals surface area contributed by atoms with Crippen LogP contribution in [0.4, 0.5) is 0 Å². The van der Waals surface area contributed by atoms with Crippen molar-refractivity contribution in [2.24, 2.45) is 10.2 Å². The fraction of sp³-hybridized carbons (Fsp3) is 0.130. The number of hydrogen-bond acceptors (Lipinski definition) is 4. The smallest absolute Gasteiger partial charge is 0.186 e. The maximum absolute atomic E-state index is 5.32. The van der Waals surface area contributed by atoms with E-state index in [-0.39, 0.29) is 0 Å². The van der Waals surface area contributed by atoms with E-state index < -0.39 is 0 Å². The molecule has 0 amide bonds. The molecule has 0 saturated carbocycles. The summed E-state index contributed by atoms with van der Waals surface area (Å²) < 4.78 is 0. The second-order valence-electron chi connectivity index (χ2n) is 6.39. The first-order valence-electron chi connectivity index (χ1n) is 9.60. The molecule has 0 spiro atoms. The maximum atomic E-state index is 5.32. The minimum absolute atomic E-state index is 0.414. The van der Waals surface area contributed by atoms with E-state index >= 15 is 0 Å². The van der Waals surface area contributed by atoms with Gasteiger partial charge in [-0.15, -0.1) is 0 Å². The highest BCUT2D eigenvalue weighted by Crippen LogP contribution is 2.21. The molecule has 0 aliphatic carbocycles. The van der Waals surface area contributed by atoms with Gasteiger partial charge in [0.2, 0.25) is 0 Å². The van der Waals surface area contributed by atoms with Crippen molar-refractivity contribution < 1.29 is 0 Å². The van der Waals surface area contributed by atoms with Gasteiger partial charge < -0.3 is 5.32 Å². The van der Waals surface area contributed by atoms with Crippen LogP contribution in [0.1, 0.15) is 24.5 Å². The molecular weight excluding hydrogens is 410 g/mol. The molecule has 152 valence electrons. The van der Waals surface area contributed by atoms with E-state index in [1.807, 2.05) is 61.5 Å². The molecule has 0 aliphatic heterocycles. The Morgan fingerprint density at radius 1 is 0.800 bits per heavy atom. The first kappa shape index (κ1) is 21.5. The molecule has 0 radical (unpaired) electrons. The summed E-state index contributed by atoms with van der Waals surface area (Å²) in [5.41, 5.74) is 9.07. The Bertz CT molecular complexity index is 1100. The number of thiocarbonyl (C=S) groups is 2. The van der Waals surface area contributed by atoms with E-state index in [1.165, 1.54) is 0 Å². The maximum Gasteiger partial charge on any atom is 0.186 e. The SMILES string of the molecule is CCC(=S)NN=C(C(=NNC(=S)NC)c1cccc2ccccc12)c1ccccc1. The fourth-order valence-corrected chi connectivity index (χ4v) is 2.97. The van der Waals surface area contributed by atoms with Gasteiger partial charge in [-0.05, 0) is 29.4 Å². The number of hydrogen-bond donors (Lipinski definition) is 3. The molecular formula is C23H23N5S2. The van der Waals surface area contributed by atoms with Crippen LogP contribution in [0.15, 0.2) is 83.0 Å². The minimum Gasteiger partial charge on any atom is -0.364 e. The Hall–Kier alpha value is -3.16. The lowest BCUT2D eigenvalue weighted by Crippen LogP contribution is -2.32. The second kappa shape index (κ2) is 10.6. The van der Waals surface area contributed by atoms with E-state index in [9.17, 15) is 0 Å². The van der Waals surface area contributed by atoms with E-state index in [1.54, 1.807) is 7.05 Å². The summed E-state index contributed by atoms with van der Waals surface area (Å²) in [6.07, 6.45) is 0.698. The fourth-order valence-electron chi connectivity index (χ4n) is 2.88. The van der Waals surface area contributed by atoms with Gasteiger partial charge in [-0.2, -0.15) is 10.2 Å². The molecule has 0 fully saturated rings. The zero-order valence-corrected chi connectivity index (χ0v) is 18.5. The Morgan fingerprint density at radius 2 is 1.47 bits per heavy atom. The van der Waals surface area contributed by atoms with Gasteiger partial charge >= 0.3 is 0 Å². The Morgan fingerprint density at radius 3 is 2.20 bits per heavy atom. The zero-order valence-electron chi connectivity index (χ0n) is 16.8. The summed E-state index contributed by atoms with van der Waals surface area (Å²) in [6.45, 7) is 1.99. The lowest BCUT2D eigenvalue weighted by atomic mass is 9.95. The summed E-state index contributed by atoms with van der Waals surface area (Å²) in [5, 5.41) is 14.8. The van der Waals surface area contributed by atoms with Crippen LogP contribution in [0.2, 0.25) is 0 Å². The van der Waals surface area contributed by atoms with Crippen LogP contribution in [-0.2, 0) is 0 Å². The van der Waals surface area contributed by atoms with Crippen molar-refractivity contribution in [3.8, 4) is 0 Å². The average Bonchev–Trinajstić information content (AvgIpc) is 2.81. The van der Waals surface area contributed by atoms with E-state index in [2.05, 4.69) is 44.6 Å². The predicted molar refractivity (Wildman–Crippen MR) is 134 cm³/mol. The van der Waals surface area contributed by atoms with Crippen LogP contribution in [-0.4, -0.2) is 28.6 Å². The number of nitrogens with one attached hydrogen (secondary N) is 3. The lowest BCUT2D eigenvalue weighted by Gasteiger charge is -2.14. The summed E-state index contributed by atoms with van der Waals surface area (Å²) in [4.78, 5) is 0.652. The molecule has 0 heterocycles. The van der Waals surface area contributed by atoms with Crippen LogP contribution >= 0.6 is 24.4 Å². The van der Waals surface area contributed by atoms with Crippen LogP contribution in [0.5, 0.6) is 0 Å². The molecule has 0 saturated heterocycles. The first-order valence-corrected chi connectivity index (χ1v) is 10.4. The van der Waals surface area contributed by atoms with Crippen molar-refractivity contribution in [2.45, 2.75) is 13.3 Å². The highest BCUT2D eigenvalue weighted by molar-refractivity contribution is 7.80. The van der Waals surface area contributed by atoms with Crippen LogP contribution < -0.4 is 16.2 Å². The van der Waals surface area contributed by atoms with Gasteiger partial charge in [0.15, 0.2) is 5.11 Å². The van der Waals surface area contributed by atoms with E-state index in [0.29, 0.717) is 27.9 Å². The number of hydrazone groups is 2. The molecule has 5 nitrogen and oxygen atoms in total. The number of benzene rings is 3. The van der Waals surface area contributed by atoms with Crippen LogP contribution in [0, 0.1) is 0 Å². The zero-order chi connectivity index (χ0) is 21.3.